The van der Waals surface area contributed by atoms with Crippen molar-refractivity contribution in [1.29, 1.82) is 0 Å². The molecule has 1 heterocycles. The van der Waals surface area contributed by atoms with Crippen molar-refractivity contribution < 1.29 is 9.53 Å². The second-order valence-electron chi connectivity index (χ2n) is 5.58. The van der Waals surface area contributed by atoms with Gasteiger partial charge in [-0.1, -0.05) is 11.6 Å². The van der Waals surface area contributed by atoms with E-state index in [-0.39, 0.29) is 36.8 Å². The van der Waals surface area contributed by atoms with E-state index in [1.54, 1.807) is 25.3 Å². The average molecular weight is 399 g/mol. The summed E-state index contributed by atoms with van der Waals surface area (Å²) in [7, 11) is 1.61. The standard InChI is InChI=1S/C16H24ClN3O2.2ClH/c1-11-13(4-3-8-18-11)20-16(21)7-9-19-14-10-12(17)5-6-15(14)22-2;;/h5-6,10-11,13,18-19H,3-4,7-9H2,1-2H3,(H,20,21);2*1H. The smallest absolute Gasteiger partial charge is 0.222 e. The molecule has 1 aromatic carbocycles. The van der Waals surface area contributed by atoms with E-state index >= 15 is 0 Å². The Morgan fingerprint density at radius 3 is 2.83 bits per heavy atom. The molecule has 1 saturated heterocycles. The van der Waals surface area contributed by atoms with E-state index in [2.05, 4.69) is 22.9 Å². The first-order valence-corrected chi connectivity index (χ1v) is 8.08. The van der Waals surface area contributed by atoms with Crippen molar-refractivity contribution >= 4 is 48.0 Å². The molecule has 1 aliphatic rings. The SMILES string of the molecule is COc1ccc(Cl)cc1NCCC(=O)NC1CCCNC1C.Cl.Cl. The molecule has 1 aliphatic heterocycles. The Balaban J connectivity index is 0.00000264. The van der Waals surface area contributed by atoms with Gasteiger partial charge in [0.1, 0.15) is 5.75 Å². The molecule has 3 N–H and O–H groups in total. The minimum atomic E-state index is 0. The maximum atomic E-state index is 12.0. The van der Waals surface area contributed by atoms with Crippen LogP contribution in [0.15, 0.2) is 18.2 Å². The summed E-state index contributed by atoms with van der Waals surface area (Å²) in [5.41, 5.74) is 0.801. The predicted octanol–water partition coefficient (Wildman–Crippen LogP) is 3.25. The summed E-state index contributed by atoms with van der Waals surface area (Å²) in [6, 6.07) is 5.93. The van der Waals surface area contributed by atoms with Crippen molar-refractivity contribution in [2.24, 2.45) is 0 Å². The zero-order chi connectivity index (χ0) is 15.9. The molecular formula is C16H26Cl3N3O2. The molecule has 5 nitrogen and oxygen atoms in total. The molecule has 24 heavy (non-hydrogen) atoms. The number of hydrogen-bond donors (Lipinski definition) is 3. The molecule has 2 rings (SSSR count). The summed E-state index contributed by atoms with van der Waals surface area (Å²) in [5.74, 6) is 0.781. The molecule has 0 saturated carbocycles. The van der Waals surface area contributed by atoms with Crippen molar-refractivity contribution in [2.75, 3.05) is 25.5 Å². The van der Waals surface area contributed by atoms with Gasteiger partial charge in [-0.05, 0) is 44.5 Å². The lowest BCUT2D eigenvalue weighted by atomic mass is 10.00. The summed E-state index contributed by atoms with van der Waals surface area (Å²) in [6.45, 7) is 3.68. The number of piperidine rings is 1. The van der Waals surface area contributed by atoms with Gasteiger partial charge in [0.25, 0.3) is 0 Å². The molecule has 0 bridgehead atoms. The first-order chi connectivity index (χ1) is 10.6. The second-order valence-corrected chi connectivity index (χ2v) is 6.02. The zero-order valence-corrected chi connectivity index (χ0v) is 16.3. The fourth-order valence-corrected chi connectivity index (χ4v) is 2.82. The summed E-state index contributed by atoms with van der Waals surface area (Å²) in [5, 5.41) is 10.3. The van der Waals surface area contributed by atoms with Gasteiger partial charge < -0.3 is 20.7 Å². The Labute approximate surface area is 161 Å². The second kappa shape index (κ2) is 11.6. The van der Waals surface area contributed by atoms with Crippen molar-refractivity contribution in [3.8, 4) is 5.75 Å². The number of anilines is 1. The van der Waals surface area contributed by atoms with E-state index in [0.29, 0.717) is 24.0 Å². The summed E-state index contributed by atoms with van der Waals surface area (Å²) < 4.78 is 5.26. The molecule has 2 atom stereocenters. The fourth-order valence-electron chi connectivity index (χ4n) is 2.65. The molecule has 2 unspecified atom stereocenters. The van der Waals surface area contributed by atoms with Crippen LogP contribution in [0.1, 0.15) is 26.2 Å². The van der Waals surface area contributed by atoms with Crippen LogP contribution >= 0.6 is 36.4 Å². The lowest BCUT2D eigenvalue weighted by Gasteiger charge is -2.30. The van der Waals surface area contributed by atoms with Crippen molar-refractivity contribution in [2.45, 2.75) is 38.3 Å². The van der Waals surface area contributed by atoms with Crippen LogP contribution in [-0.4, -0.2) is 38.2 Å². The molecule has 0 aromatic heterocycles. The van der Waals surface area contributed by atoms with Crippen LogP contribution in [-0.2, 0) is 4.79 Å². The van der Waals surface area contributed by atoms with Crippen LogP contribution in [0.4, 0.5) is 5.69 Å². The third kappa shape index (κ3) is 6.93. The van der Waals surface area contributed by atoms with Crippen LogP contribution in [0.2, 0.25) is 5.02 Å². The van der Waals surface area contributed by atoms with E-state index in [1.165, 1.54) is 0 Å². The molecule has 1 aromatic rings. The Bertz CT molecular complexity index is 517. The Hall–Kier alpha value is -0.880. The lowest BCUT2D eigenvalue weighted by Crippen LogP contribution is -2.52. The molecule has 138 valence electrons. The third-order valence-electron chi connectivity index (χ3n) is 3.94. The molecule has 8 heteroatoms. The Morgan fingerprint density at radius 2 is 2.17 bits per heavy atom. The number of ether oxygens (including phenoxy) is 1. The van der Waals surface area contributed by atoms with Crippen molar-refractivity contribution in [3.05, 3.63) is 23.2 Å². The predicted molar refractivity (Wildman–Crippen MR) is 104 cm³/mol. The highest BCUT2D eigenvalue weighted by molar-refractivity contribution is 6.30. The molecular weight excluding hydrogens is 373 g/mol. The van der Waals surface area contributed by atoms with Crippen molar-refractivity contribution in [1.82, 2.24) is 10.6 Å². The normalized spacial score (nSPS) is 19.5. The minimum Gasteiger partial charge on any atom is -0.495 e. The number of hydrogen-bond acceptors (Lipinski definition) is 4. The lowest BCUT2D eigenvalue weighted by molar-refractivity contribution is -0.121. The van der Waals surface area contributed by atoms with Crippen LogP contribution in [0.5, 0.6) is 5.75 Å². The van der Waals surface area contributed by atoms with E-state index in [0.717, 1.165) is 30.8 Å². The number of amides is 1. The highest BCUT2D eigenvalue weighted by atomic mass is 35.5. The number of carbonyl (C=O) groups excluding carboxylic acids is 1. The highest BCUT2D eigenvalue weighted by Gasteiger charge is 2.21. The Morgan fingerprint density at radius 1 is 1.42 bits per heavy atom. The topological polar surface area (TPSA) is 62.4 Å². The van der Waals surface area contributed by atoms with Gasteiger partial charge in [-0.15, -0.1) is 24.8 Å². The van der Waals surface area contributed by atoms with Gasteiger partial charge in [0.15, 0.2) is 0 Å². The number of nitrogens with one attached hydrogen (secondary N) is 3. The number of rotatable bonds is 6. The fraction of sp³-hybridized carbons (Fsp3) is 0.562. The molecule has 0 spiro atoms. The van der Waals surface area contributed by atoms with Gasteiger partial charge in [-0.2, -0.15) is 0 Å². The van der Waals surface area contributed by atoms with Gasteiger partial charge >= 0.3 is 0 Å². The molecule has 1 amide bonds. The summed E-state index contributed by atoms with van der Waals surface area (Å²) in [6.07, 6.45) is 2.56. The monoisotopic (exact) mass is 397 g/mol. The first-order valence-electron chi connectivity index (χ1n) is 7.70. The maximum absolute atomic E-state index is 12.0. The molecule has 0 aliphatic carbocycles. The number of halogens is 3. The van der Waals surface area contributed by atoms with Crippen LogP contribution in [0, 0.1) is 0 Å². The number of carbonyl (C=O) groups is 1. The van der Waals surface area contributed by atoms with Gasteiger partial charge in [0.05, 0.1) is 12.8 Å². The maximum Gasteiger partial charge on any atom is 0.222 e. The minimum absolute atomic E-state index is 0. The zero-order valence-electron chi connectivity index (χ0n) is 13.9. The Kier molecular flexibility index (Phi) is 11.2. The van der Waals surface area contributed by atoms with Gasteiger partial charge in [-0.3, -0.25) is 4.79 Å². The van der Waals surface area contributed by atoms with E-state index in [1.807, 2.05) is 0 Å². The third-order valence-corrected chi connectivity index (χ3v) is 4.17. The van der Waals surface area contributed by atoms with Crippen LogP contribution < -0.4 is 20.7 Å². The van der Waals surface area contributed by atoms with Crippen LogP contribution in [0.25, 0.3) is 0 Å². The number of methoxy groups -OCH3 is 1. The number of benzene rings is 1. The average Bonchev–Trinajstić information content (AvgIpc) is 2.50. The van der Waals surface area contributed by atoms with E-state index < -0.39 is 0 Å². The van der Waals surface area contributed by atoms with Gasteiger partial charge in [-0.25, -0.2) is 0 Å². The summed E-state index contributed by atoms with van der Waals surface area (Å²) >= 11 is 5.98. The first kappa shape index (κ1) is 23.1. The van der Waals surface area contributed by atoms with Crippen molar-refractivity contribution in [3.63, 3.8) is 0 Å². The van der Waals surface area contributed by atoms with E-state index in [4.69, 9.17) is 16.3 Å². The molecule has 0 radical (unpaired) electrons. The highest BCUT2D eigenvalue weighted by Crippen LogP contribution is 2.27. The van der Waals surface area contributed by atoms with Gasteiger partial charge in [0, 0.05) is 30.1 Å². The van der Waals surface area contributed by atoms with Gasteiger partial charge in [0.2, 0.25) is 5.91 Å². The van der Waals surface area contributed by atoms with Crippen LogP contribution in [0.3, 0.4) is 0 Å². The quantitative estimate of drug-likeness (QED) is 0.688. The van der Waals surface area contributed by atoms with E-state index in [9.17, 15) is 4.79 Å². The summed E-state index contributed by atoms with van der Waals surface area (Å²) in [4.78, 5) is 12.0. The molecule has 1 fully saturated rings. The largest absolute Gasteiger partial charge is 0.495 e.